The van der Waals surface area contributed by atoms with Crippen molar-refractivity contribution in [1.82, 2.24) is 10.3 Å². The Bertz CT molecular complexity index is 530. The monoisotopic (exact) mass is 230 g/mol. The van der Waals surface area contributed by atoms with Gasteiger partial charge >= 0.3 is 0 Å². The minimum absolute atomic E-state index is 0.130. The van der Waals surface area contributed by atoms with Crippen molar-refractivity contribution in [2.24, 2.45) is 0 Å². The van der Waals surface area contributed by atoms with Crippen molar-refractivity contribution < 1.29 is 4.79 Å². The van der Waals surface area contributed by atoms with E-state index in [1.165, 1.54) is 10.9 Å². The number of ketones is 1. The number of aromatic amines is 1. The SMILES string of the molecule is CN[C@H](C(C)=O)[C@H](C)c1c[nH]c2ccccc12. The average molecular weight is 230 g/mol. The topological polar surface area (TPSA) is 44.9 Å². The number of para-hydroxylation sites is 1. The van der Waals surface area contributed by atoms with Gasteiger partial charge in [-0.2, -0.15) is 0 Å². The first-order valence-electron chi connectivity index (χ1n) is 5.89. The van der Waals surface area contributed by atoms with Crippen molar-refractivity contribution in [1.29, 1.82) is 0 Å². The molecule has 1 aromatic heterocycles. The molecule has 0 aliphatic heterocycles. The molecule has 0 saturated carbocycles. The summed E-state index contributed by atoms with van der Waals surface area (Å²) in [5.74, 6) is 0.332. The highest BCUT2D eigenvalue weighted by atomic mass is 16.1. The Morgan fingerprint density at radius 1 is 1.35 bits per heavy atom. The number of Topliss-reactive ketones (excluding diaryl/α,β-unsaturated/α-hetero) is 1. The summed E-state index contributed by atoms with van der Waals surface area (Å²) >= 11 is 0. The maximum Gasteiger partial charge on any atom is 0.147 e. The summed E-state index contributed by atoms with van der Waals surface area (Å²) in [5, 5.41) is 4.29. The second-order valence-corrected chi connectivity index (χ2v) is 4.46. The molecule has 17 heavy (non-hydrogen) atoms. The summed E-state index contributed by atoms with van der Waals surface area (Å²) in [6.45, 7) is 3.71. The van der Waals surface area contributed by atoms with Gasteiger partial charge in [0.05, 0.1) is 6.04 Å². The summed E-state index contributed by atoms with van der Waals surface area (Å²) in [5.41, 5.74) is 2.31. The predicted molar refractivity (Wildman–Crippen MR) is 70.2 cm³/mol. The number of nitrogens with one attached hydrogen (secondary N) is 2. The van der Waals surface area contributed by atoms with E-state index >= 15 is 0 Å². The van der Waals surface area contributed by atoms with Crippen LogP contribution in [0.3, 0.4) is 0 Å². The Labute approximate surface area is 101 Å². The lowest BCUT2D eigenvalue weighted by atomic mass is 9.91. The Morgan fingerprint density at radius 3 is 2.71 bits per heavy atom. The molecule has 0 saturated heterocycles. The van der Waals surface area contributed by atoms with Crippen molar-refractivity contribution in [3.05, 3.63) is 36.0 Å². The van der Waals surface area contributed by atoms with E-state index in [0.717, 1.165) is 5.52 Å². The van der Waals surface area contributed by atoms with Crippen molar-refractivity contribution in [2.75, 3.05) is 7.05 Å². The number of carbonyl (C=O) groups is 1. The van der Waals surface area contributed by atoms with Gasteiger partial charge in [0, 0.05) is 23.0 Å². The van der Waals surface area contributed by atoms with E-state index in [1.807, 2.05) is 31.4 Å². The summed E-state index contributed by atoms with van der Waals surface area (Å²) in [6, 6.07) is 8.04. The molecular weight excluding hydrogens is 212 g/mol. The molecule has 2 rings (SSSR count). The maximum absolute atomic E-state index is 11.6. The Morgan fingerprint density at radius 2 is 2.06 bits per heavy atom. The van der Waals surface area contributed by atoms with Gasteiger partial charge in [0.1, 0.15) is 5.78 Å². The minimum atomic E-state index is -0.130. The van der Waals surface area contributed by atoms with Gasteiger partial charge in [-0.15, -0.1) is 0 Å². The van der Waals surface area contributed by atoms with Gasteiger partial charge in [-0.3, -0.25) is 4.79 Å². The van der Waals surface area contributed by atoms with Gasteiger partial charge in [-0.1, -0.05) is 25.1 Å². The largest absolute Gasteiger partial charge is 0.361 e. The van der Waals surface area contributed by atoms with Crippen LogP contribution in [0.2, 0.25) is 0 Å². The van der Waals surface area contributed by atoms with Crippen molar-refractivity contribution in [3.63, 3.8) is 0 Å². The smallest absolute Gasteiger partial charge is 0.147 e. The van der Waals surface area contributed by atoms with E-state index < -0.39 is 0 Å². The van der Waals surface area contributed by atoms with Gasteiger partial charge in [0.25, 0.3) is 0 Å². The Hall–Kier alpha value is -1.61. The summed E-state index contributed by atoms with van der Waals surface area (Å²) < 4.78 is 0. The van der Waals surface area contributed by atoms with Crippen LogP contribution in [0.15, 0.2) is 30.5 Å². The molecule has 1 heterocycles. The molecular formula is C14H18N2O. The van der Waals surface area contributed by atoms with E-state index in [0.29, 0.717) is 0 Å². The lowest BCUT2D eigenvalue weighted by Gasteiger charge is -2.20. The number of rotatable bonds is 4. The third-order valence-corrected chi connectivity index (χ3v) is 3.36. The first-order valence-corrected chi connectivity index (χ1v) is 5.89. The number of hydrogen-bond acceptors (Lipinski definition) is 2. The Kier molecular flexibility index (Phi) is 3.29. The molecule has 0 unspecified atom stereocenters. The van der Waals surface area contributed by atoms with Crippen LogP contribution >= 0.6 is 0 Å². The van der Waals surface area contributed by atoms with Crippen LogP contribution in [0, 0.1) is 0 Å². The highest BCUT2D eigenvalue weighted by molar-refractivity contribution is 5.87. The first-order chi connectivity index (χ1) is 8.15. The number of hydrogen-bond donors (Lipinski definition) is 2. The number of carbonyl (C=O) groups excluding carboxylic acids is 1. The van der Waals surface area contributed by atoms with E-state index in [4.69, 9.17) is 0 Å². The van der Waals surface area contributed by atoms with Crippen LogP contribution in [-0.2, 0) is 4.79 Å². The number of aromatic nitrogens is 1. The molecule has 3 heteroatoms. The number of H-pyrrole nitrogens is 1. The standard InChI is InChI=1S/C14H18N2O/c1-9(14(15-3)10(2)17)12-8-16-13-7-5-4-6-11(12)13/h4-9,14-16H,1-3H3/t9-,14+/m1/s1. The van der Waals surface area contributed by atoms with Gasteiger partial charge in [0.15, 0.2) is 0 Å². The summed E-state index contributed by atoms with van der Waals surface area (Å²) in [4.78, 5) is 14.8. The molecule has 0 amide bonds. The molecule has 2 N–H and O–H groups in total. The zero-order chi connectivity index (χ0) is 12.4. The molecule has 0 fully saturated rings. The number of fused-ring (bicyclic) bond motifs is 1. The van der Waals surface area contributed by atoms with E-state index in [-0.39, 0.29) is 17.7 Å². The van der Waals surface area contributed by atoms with Crippen LogP contribution < -0.4 is 5.32 Å². The quantitative estimate of drug-likeness (QED) is 0.847. The average Bonchev–Trinajstić information content (AvgIpc) is 2.72. The Balaban J connectivity index is 2.42. The molecule has 0 radical (unpaired) electrons. The molecule has 2 atom stereocenters. The van der Waals surface area contributed by atoms with Crippen LogP contribution in [0.1, 0.15) is 25.3 Å². The molecule has 0 spiro atoms. The normalized spacial score (nSPS) is 14.8. The van der Waals surface area contributed by atoms with Crippen molar-refractivity contribution in [2.45, 2.75) is 25.8 Å². The maximum atomic E-state index is 11.6. The lowest BCUT2D eigenvalue weighted by Crippen LogP contribution is -2.37. The molecule has 3 nitrogen and oxygen atoms in total. The van der Waals surface area contributed by atoms with Crippen LogP contribution in [0.5, 0.6) is 0 Å². The highest BCUT2D eigenvalue weighted by Gasteiger charge is 2.23. The fourth-order valence-corrected chi connectivity index (χ4v) is 2.46. The van der Waals surface area contributed by atoms with Gasteiger partial charge in [0.2, 0.25) is 0 Å². The van der Waals surface area contributed by atoms with Crippen LogP contribution in [0.25, 0.3) is 10.9 Å². The zero-order valence-corrected chi connectivity index (χ0v) is 10.4. The van der Waals surface area contributed by atoms with E-state index in [1.54, 1.807) is 6.92 Å². The van der Waals surface area contributed by atoms with Crippen LogP contribution in [0.4, 0.5) is 0 Å². The number of likely N-dealkylation sites (N-methyl/N-ethyl adjacent to an activating group) is 1. The second kappa shape index (κ2) is 4.72. The summed E-state index contributed by atoms with van der Waals surface area (Å²) in [6.07, 6.45) is 2.00. The first kappa shape index (κ1) is 11.9. The lowest BCUT2D eigenvalue weighted by molar-refractivity contribution is -0.119. The summed E-state index contributed by atoms with van der Waals surface area (Å²) in [7, 11) is 1.83. The zero-order valence-electron chi connectivity index (χ0n) is 10.4. The predicted octanol–water partition coefficient (Wildman–Crippen LogP) is 2.45. The molecule has 2 aromatic rings. The second-order valence-electron chi connectivity index (χ2n) is 4.46. The number of benzene rings is 1. The minimum Gasteiger partial charge on any atom is -0.361 e. The highest BCUT2D eigenvalue weighted by Crippen LogP contribution is 2.27. The van der Waals surface area contributed by atoms with Gasteiger partial charge in [-0.05, 0) is 25.6 Å². The van der Waals surface area contributed by atoms with E-state index in [9.17, 15) is 4.79 Å². The van der Waals surface area contributed by atoms with Crippen LogP contribution in [-0.4, -0.2) is 23.9 Å². The van der Waals surface area contributed by atoms with Gasteiger partial charge in [-0.25, -0.2) is 0 Å². The fraction of sp³-hybridized carbons (Fsp3) is 0.357. The third-order valence-electron chi connectivity index (χ3n) is 3.36. The molecule has 0 bridgehead atoms. The van der Waals surface area contributed by atoms with Gasteiger partial charge < -0.3 is 10.3 Å². The molecule has 90 valence electrons. The van der Waals surface area contributed by atoms with Crippen molar-refractivity contribution in [3.8, 4) is 0 Å². The molecule has 1 aromatic carbocycles. The molecule has 0 aliphatic carbocycles. The third kappa shape index (κ3) is 2.11. The van der Waals surface area contributed by atoms with E-state index in [2.05, 4.69) is 23.3 Å². The molecule has 0 aliphatic rings. The fourth-order valence-electron chi connectivity index (χ4n) is 2.46. The van der Waals surface area contributed by atoms with Crippen molar-refractivity contribution >= 4 is 16.7 Å².